The maximum atomic E-state index is 13.2. The van der Waals surface area contributed by atoms with Crippen LogP contribution in [-0.2, 0) is 0 Å². The van der Waals surface area contributed by atoms with Crippen molar-refractivity contribution < 1.29 is 4.79 Å². The predicted molar refractivity (Wildman–Crippen MR) is 106 cm³/mol. The lowest BCUT2D eigenvalue weighted by molar-refractivity contribution is 0.0657. The van der Waals surface area contributed by atoms with Gasteiger partial charge < -0.3 is 10.2 Å². The van der Waals surface area contributed by atoms with E-state index in [4.69, 9.17) is 4.98 Å². The van der Waals surface area contributed by atoms with Crippen molar-refractivity contribution in [3.63, 3.8) is 0 Å². The number of hydrogen-bond donors (Lipinski definition) is 1. The number of carbonyl (C=O) groups is 1. The SMILES string of the molecule is Cc1ccc2nc(C3CC3)cc(C(=O)N3CCNCC3C)c2c1.Cl.Cl. The molecule has 2 aliphatic rings. The minimum absolute atomic E-state index is 0. The van der Waals surface area contributed by atoms with Gasteiger partial charge in [0.05, 0.1) is 11.1 Å². The van der Waals surface area contributed by atoms with Crippen molar-refractivity contribution in [2.45, 2.75) is 38.6 Å². The summed E-state index contributed by atoms with van der Waals surface area (Å²) in [6.07, 6.45) is 2.39. The summed E-state index contributed by atoms with van der Waals surface area (Å²) < 4.78 is 0. The average molecular weight is 382 g/mol. The molecule has 1 N–H and O–H groups in total. The monoisotopic (exact) mass is 381 g/mol. The van der Waals surface area contributed by atoms with E-state index >= 15 is 0 Å². The van der Waals surface area contributed by atoms with Gasteiger partial charge in [-0.1, -0.05) is 11.6 Å². The zero-order valence-electron chi connectivity index (χ0n) is 14.6. The molecular weight excluding hydrogens is 357 g/mol. The molecule has 1 saturated heterocycles. The van der Waals surface area contributed by atoms with Crippen LogP contribution < -0.4 is 5.32 Å². The van der Waals surface area contributed by atoms with Gasteiger partial charge >= 0.3 is 0 Å². The number of nitrogens with one attached hydrogen (secondary N) is 1. The van der Waals surface area contributed by atoms with Gasteiger partial charge in [-0.15, -0.1) is 24.8 Å². The zero-order chi connectivity index (χ0) is 16.0. The molecule has 136 valence electrons. The van der Waals surface area contributed by atoms with Crippen LogP contribution in [0.15, 0.2) is 24.3 Å². The summed E-state index contributed by atoms with van der Waals surface area (Å²) in [5.74, 6) is 0.701. The molecule has 1 aliphatic carbocycles. The normalized spacial score (nSPS) is 19.9. The highest BCUT2D eigenvalue weighted by Crippen LogP contribution is 2.40. The molecule has 2 heterocycles. The van der Waals surface area contributed by atoms with Crippen molar-refractivity contribution in [1.29, 1.82) is 0 Å². The summed E-state index contributed by atoms with van der Waals surface area (Å²) in [7, 11) is 0. The molecule has 1 unspecified atom stereocenters. The molecule has 1 saturated carbocycles. The number of pyridine rings is 1. The molecule has 0 bridgehead atoms. The third-order valence-corrected chi connectivity index (χ3v) is 4.97. The fourth-order valence-corrected chi connectivity index (χ4v) is 3.42. The number of nitrogens with zero attached hydrogens (tertiary/aromatic N) is 2. The van der Waals surface area contributed by atoms with E-state index in [9.17, 15) is 4.79 Å². The minimum atomic E-state index is 0. The Kier molecular flexibility index (Phi) is 6.30. The van der Waals surface area contributed by atoms with E-state index in [-0.39, 0.29) is 36.8 Å². The van der Waals surface area contributed by atoms with Crippen LogP contribution in [0.4, 0.5) is 0 Å². The van der Waals surface area contributed by atoms with Gasteiger partial charge in [0.2, 0.25) is 0 Å². The van der Waals surface area contributed by atoms with E-state index in [1.165, 1.54) is 18.4 Å². The molecule has 1 amide bonds. The van der Waals surface area contributed by atoms with Gasteiger partial charge in [0.25, 0.3) is 5.91 Å². The topological polar surface area (TPSA) is 45.2 Å². The molecule has 4 rings (SSSR count). The fourth-order valence-electron chi connectivity index (χ4n) is 3.42. The number of hydrogen-bond acceptors (Lipinski definition) is 3. The number of benzene rings is 1. The second-order valence-electron chi connectivity index (χ2n) is 6.94. The third-order valence-electron chi connectivity index (χ3n) is 4.97. The Labute approximate surface area is 161 Å². The van der Waals surface area contributed by atoms with Crippen LogP contribution in [0.1, 0.15) is 47.3 Å². The Morgan fingerprint density at radius 3 is 2.68 bits per heavy atom. The fraction of sp³-hybridized carbons (Fsp3) is 0.474. The van der Waals surface area contributed by atoms with Crippen LogP contribution in [0.25, 0.3) is 10.9 Å². The summed E-state index contributed by atoms with van der Waals surface area (Å²) in [6, 6.07) is 8.51. The molecule has 4 nitrogen and oxygen atoms in total. The zero-order valence-corrected chi connectivity index (χ0v) is 16.3. The van der Waals surface area contributed by atoms with Gasteiger partial charge in [0, 0.05) is 42.7 Å². The Bertz CT molecular complexity index is 777. The molecule has 25 heavy (non-hydrogen) atoms. The molecule has 0 spiro atoms. The maximum absolute atomic E-state index is 13.2. The lowest BCUT2D eigenvalue weighted by Crippen LogP contribution is -2.52. The quantitative estimate of drug-likeness (QED) is 0.862. The molecule has 6 heteroatoms. The van der Waals surface area contributed by atoms with E-state index < -0.39 is 0 Å². The first kappa shape index (κ1) is 20.0. The largest absolute Gasteiger partial charge is 0.333 e. The Hall–Kier alpha value is -1.36. The standard InChI is InChI=1S/C19H23N3O.2ClH/c1-12-3-6-17-15(9-12)16(10-18(21-17)14-4-5-14)19(23)22-8-7-20-11-13(22)2;;/h3,6,9-10,13-14,20H,4-5,7-8,11H2,1-2H3;2*1H. The van der Waals surface area contributed by atoms with Crippen LogP contribution in [0.5, 0.6) is 0 Å². The number of halogens is 2. The van der Waals surface area contributed by atoms with Crippen LogP contribution in [0.3, 0.4) is 0 Å². The maximum Gasteiger partial charge on any atom is 0.254 e. The van der Waals surface area contributed by atoms with Crippen molar-refractivity contribution in [2.75, 3.05) is 19.6 Å². The van der Waals surface area contributed by atoms with Crippen LogP contribution in [-0.4, -0.2) is 41.5 Å². The summed E-state index contributed by atoms with van der Waals surface area (Å²) in [4.78, 5) is 20.0. The lowest BCUT2D eigenvalue weighted by Gasteiger charge is -2.34. The highest BCUT2D eigenvalue weighted by Gasteiger charge is 2.29. The second kappa shape index (κ2) is 7.90. The second-order valence-corrected chi connectivity index (χ2v) is 6.94. The smallest absolute Gasteiger partial charge is 0.254 e. The highest BCUT2D eigenvalue weighted by molar-refractivity contribution is 6.06. The number of aromatic nitrogens is 1. The number of amides is 1. The lowest BCUT2D eigenvalue weighted by atomic mass is 10.0. The summed E-state index contributed by atoms with van der Waals surface area (Å²) >= 11 is 0. The Morgan fingerprint density at radius 2 is 2.00 bits per heavy atom. The van der Waals surface area contributed by atoms with Crippen LogP contribution in [0.2, 0.25) is 0 Å². The van der Waals surface area contributed by atoms with Crippen molar-refractivity contribution in [1.82, 2.24) is 15.2 Å². The van der Waals surface area contributed by atoms with Gasteiger partial charge in [-0.3, -0.25) is 9.78 Å². The van der Waals surface area contributed by atoms with E-state index in [0.29, 0.717) is 5.92 Å². The molecular formula is C19H25Cl2N3O. The van der Waals surface area contributed by atoms with E-state index in [2.05, 4.69) is 43.4 Å². The van der Waals surface area contributed by atoms with Crippen molar-refractivity contribution >= 4 is 41.6 Å². The summed E-state index contributed by atoms with van der Waals surface area (Å²) in [5, 5.41) is 4.34. The molecule has 2 fully saturated rings. The molecule has 0 radical (unpaired) electrons. The van der Waals surface area contributed by atoms with Crippen LogP contribution in [0, 0.1) is 6.92 Å². The first-order valence-electron chi connectivity index (χ1n) is 8.56. The number of rotatable bonds is 2. The van der Waals surface area contributed by atoms with Gasteiger partial charge in [-0.25, -0.2) is 0 Å². The first-order chi connectivity index (χ1) is 11.1. The average Bonchev–Trinajstić information content (AvgIpc) is 3.38. The number of fused-ring (bicyclic) bond motifs is 1. The molecule has 1 aliphatic heterocycles. The molecule has 2 aromatic rings. The highest BCUT2D eigenvalue weighted by atomic mass is 35.5. The first-order valence-corrected chi connectivity index (χ1v) is 8.56. The minimum Gasteiger partial charge on any atom is -0.333 e. The van der Waals surface area contributed by atoms with Crippen LogP contribution >= 0.6 is 24.8 Å². The predicted octanol–water partition coefficient (Wildman–Crippen LogP) is 3.70. The summed E-state index contributed by atoms with van der Waals surface area (Å²) in [6.45, 7) is 6.68. The molecule has 1 aromatic carbocycles. The van der Waals surface area contributed by atoms with E-state index in [0.717, 1.165) is 41.8 Å². The van der Waals surface area contributed by atoms with Gasteiger partial charge in [-0.2, -0.15) is 0 Å². The van der Waals surface area contributed by atoms with Gasteiger partial charge in [-0.05, 0) is 44.9 Å². The number of carbonyl (C=O) groups excluding carboxylic acids is 1. The Morgan fingerprint density at radius 1 is 1.24 bits per heavy atom. The van der Waals surface area contributed by atoms with E-state index in [1.807, 2.05) is 4.90 Å². The van der Waals surface area contributed by atoms with Gasteiger partial charge in [0.15, 0.2) is 0 Å². The Balaban J connectivity index is 0.00000113. The van der Waals surface area contributed by atoms with Crippen molar-refractivity contribution in [3.05, 3.63) is 41.1 Å². The van der Waals surface area contributed by atoms with E-state index in [1.54, 1.807) is 0 Å². The van der Waals surface area contributed by atoms with Crippen molar-refractivity contribution in [3.8, 4) is 0 Å². The number of aryl methyl sites for hydroxylation is 1. The molecule has 1 atom stereocenters. The molecule has 1 aromatic heterocycles. The van der Waals surface area contributed by atoms with Crippen molar-refractivity contribution in [2.24, 2.45) is 0 Å². The van der Waals surface area contributed by atoms with Gasteiger partial charge in [0.1, 0.15) is 0 Å². The summed E-state index contributed by atoms with van der Waals surface area (Å²) in [5.41, 5.74) is 4.04. The number of piperazine rings is 1. The third kappa shape index (κ3) is 3.91.